The molecule has 1 aliphatic rings. The molecule has 0 aromatic heterocycles. The monoisotopic (exact) mass is 324 g/mol. The maximum absolute atomic E-state index is 12.9. The van der Waals surface area contributed by atoms with Gasteiger partial charge < -0.3 is 10.2 Å². The maximum atomic E-state index is 12.9. The van der Waals surface area contributed by atoms with Gasteiger partial charge >= 0.3 is 0 Å². The van der Waals surface area contributed by atoms with E-state index in [4.69, 9.17) is 0 Å². The van der Waals surface area contributed by atoms with Crippen molar-refractivity contribution in [3.8, 4) is 0 Å². The van der Waals surface area contributed by atoms with Gasteiger partial charge in [0, 0.05) is 18.8 Å². The summed E-state index contributed by atoms with van der Waals surface area (Å²) in [4.78, 5) is 14.7. The van der Waals surface area contributed by atoms with E-state index in [1.807, 2.05) is 13.0 Å². The fraction of sp³-hybridized carbons (Fsp3) is 0.562. The van der Waals surface area contributed by atoms with E-state index in [2.05, 4.69) is 5.32 Å². The van der Waals surface area contributed by atoms with E-state index in [1.54, 1.807) is 29.2 Å². The molecule has 0 radical (unpaired) electrons. The third kappa shape index (κ3) is 3.87. The molecule has 0 aliphatic carbocycles. The van der Waals surface area contributed by atoms with E-state index in [9.17, 15) is 13.2 Å². The van der Waals surface area contributed by atoms with Crippen LogP contribution in [0.5, 0.6) is 0 Å². The number of carbonyl (C=O) groups is 1. The summed E-state index contributed by atoms with van der Waals surface area (Å²) in [5.41, 5.74) is 0.544. The molecule has 1 amide bonds. The molecule has 1 unspecified atom stereocenters. The van der Waals surface area contributed by atoms with Crippen molar-refractivity contribution >= 4 is 15.7 Å². The van der Waals surface area contributed by atoms with Crippen molar-refractivity contribution in [1.82, 2.24) is 10.2 Å². The smallest absolute Gasteiger partial charge is 0.245 e. The van der Waals surface area contributed by atoms with Gasteiger partial charge in [0.15, 0.2) is 15.1 Å². The Morgan fingerprint density at radius 1 is 1.27 bits per heavy atom. The van der Waals surface area contributed by atoms with E-state index < -0.39 is 15.1 Å². The first kappa shape index (κ1) is 17.0. The van der Waals surface area contributed by atoms with Crippen LogP contribution in [-0.4, -0.2) is 51.2 Å². The molecule has 1 saturated heterocycles. The van der Waals surface area contributed by atoms with Crippen LogP contribution in [-0.2, 0) is 14.6 Å². The summed E-state index contributed by atoms with van der Waals surface area (Å²) in [6.07, 6.45) is 2.87. The van der Waals surface area contributed by atoms with Gasteiger partial charge in [0.1, 0.15) is 0 Å². The number of benzene rings is 1. The highest BCUT2D eigenvalue weighted by atomic mass is 32.2. The summed E-state index contributed by atoms with van der Waals surface area (Å²) in [5, 5.41) is 2.16. The van der Waals surface area contributed by atoms with E-state index in [0.717, 1.165) is 32.2 Å². The number of rotatable bonds is 5. The van der Waals surface area contributed by atoms with E-state index in [-0.39, 0.29) is 11.9 Å². The second kappa shape index (κ2) is 7.24. The number of piperidine rings is 1. The molecule has 1 heterocycles. The lowest BCUT2D eigenvalue weighted by molar-refractivity contribution is -0.133. The topological polar surface area (TPSA) is 66.5 Å². The van der Waals surface area contributed by atoms with Crippen molar-refractivity contribution in [2.45, 2.75) is 31.1 Å². The highest BCUT2D eigenvalue weighted by Crippen LogP contribution is 2.26. The molecule has 0 spiro atoms. The van der Waals surface area contributed by atoms with E-state index in [0.29, 0.717) is 12.1 Å². The van der Waals surface area contributed by atoms with Crippen LogP contribution in [0.4, 0.5) is 0 Å². The Morgan fingerprint density at radius 3 is 2.36 bits per heavy atom. The minimum Gasteiger partial charge on any atom is -0.338 e. The minimum atomic E-state index is -3.52. The average Bonchev–Trinajstić information content (AvgIpc) is 2.49. The van der Waals surface area contributed by atoms with E-state index in [1.165, 1.54) is 0 Å². The standard InChI is InChI=1S/C16H24N2O3S/c1-3-18(14-9-11-17-12-10-14)16(19)15(22(2,20)21)13-7-5-4-6-8-13/h4-8,14-15,17H,3,9-12H2,1-2H3. The Balaban J connectivity index is 2.32. The molecule has 22 heavy (non-hydrogen) atoms. The van der Waals surface area contributed by atoms with Gasteiger partial charge in [-0.25, -0.2) is 8.42 Å². The van der Waals surface area contributed by atoms with Gasteiger partial charge in [0.25, 0.3) is 0 Å². The number of nitrogens with one attached hydrogen (secondary N) is 1. The molecule has 2 rings (SSSR count). The summed E-state index contributed by atoms with van der Waals surface area (Å²) in [6, 6.07) is 8.88. The zero-order valence-corrected chi connectivity index (χ0v) is 14.0. The van der Waals surface area contributed by atoms with Crippen LogP contribution in [0, 0.1) is 0 Å². The molecule has 1 N–H and O–H groups in total. The Hall–Kier alpha value is -1.40. The molecular formula is C16H24N2O3S. The molecule has 122 valence electrons. The summed E-state index contributed by atoms with van der Waals surface area (Å²) < 4.78 is 24.4. The lowest BCUT2D eigenvalue weighted by atomic mass is 10.0. The third-order valence-electron chi connectivity index (χ3n) is 4.13. The van der Waals surface area contributed by atoms with Crippen LogP contribution in [0.1, 0.15) is 30.6 Å². The van der Waals surface area contributed by atoms with Crippen molar-refractivity contribution < 1.29 is 13.2 Å². The predicted octanol–water partition coefficient (Wildman–Crippen LogP) is 1.37. The predicted molar refractivity (Wildman–Crippen MR) is 87.3 cm³/mol. The minimum absolute atomic E-state index is 0.117. The number of carbonyl (C=O) groups excluding carboxylic acids is 1. The van der Waals surface area contributed by atoms with Gasteiger partial charge in [-0.1, -0.05) is 30.3 Å². The van der Waals surface area contributed by atoms with Crippen molar-refractivity contribution in [2.24, 2.45) is 0 Å². The summed E-state index contributed by atoms with van der Waals surface area (Å²) >= 11 is 0. The molecule has 5 nitrogen and oxygen atoms in total. The largest absolute Gasteiger partial charge is 0.338 e. The zero-order valence-electron chi connectivity index (χ0n) is 13.2. The van der Waals surface area contributed by atoms with Gasteiger partial charge in [-0.2, -0.15) is 0 Å². The normalized spacial score (nSPS) is 17.9. The quantitative estimate of drug-likeness (QED) is 0.888. The summed E-state index contributed by atoms with van der Waals surface area (Å²) in [6.45, 7) is 4.17. The number of likely N-dealkylation sites (N-methyl/N-ethyl adjacent to an activating group) is 1. The number of hydrogen-bond donors (Lipinski definition) is 1. The fourth-order valence-corrected chi connectivity index (χ4v) is 4.22. The van der Waals surface area contributed by atoms with Crippen LogP contribution in [0.3, 0.4) is 0 Å². The van der Waals surface area contributed by atoms with Crippen LogP contribution in [0.15, 0.2) is 30.3 Å². The SMILES string of the molecule is CCN(C(=O)C(c1ccccc1)S(C)(=O)=O)C1CCNCC1. The van der Waals surface area contributed by atoms with Crippen molar-refractivity contribution in [3.05, 3.63) is 35.9 Å². The van der Waals surface area contributed by atoms with Crippen LogP contribution < -0.4 is 5.32 Å². The van der Waals surface area contributed by atoms with Crippen LogP contribution in [0.2, 0.25) is 0 Å². The molecule has 1 aromatic carbocycles. The highest BCUT2D eigenvalue weighted by molar-refractivity contribution is 7.91. The molecule has 1 aromatic rings. The van der Waals surface area contributed by atoms with Crippen molar-refractivity contribution in [2.75, 3.05) is 25.9 Å². The zero-order chi connectivity index (χ0) is 16.2. The molecule has 0 bridgehead atoms. The number of sulfone groups is 1. The first-order chi connectivity index (χ1) is 10.4. The number of nitrogens with zero attached hydrogens (tertiary/aromatic N) is 1. The van der Waals surface area contributed by atoms with Crippen LogP contribution in [0.25, 0.3) is 0 Å². The molecular weight excluding hydrogens is 300 g/mol. The molecule has 1 atom stereocenters. The first-order valence-electron chi connectivity index (χ1n) is 7.70. The van der Waals surface area contributed by atoms with E-state index >= 15 is 0 Å². The van der Waals surface area contributed by atoms with Crippen molar-refractivity contribution in [3.63, 3.8) is 0 Å². The Bertz CT molecular complexity index is 595. The van der Waals surface area contributed by atoms with Crippen LogP contribution >= 0.6 is 0 Å². The third-order valence-corrected chi connectivity index (χ3v) is 5.46. The second-order valence-electron chi connectivity index (χ2n) is 5.73. The Morgan fingerprint density at radius 2 is 1.86 bits per heavy atom. The van der Waals surface area contributed by atoms with Gasteiger partial charge in [-0.3, -0.25) is 4.79 Å². The second-order valence-corrected chi connectivity index (χ2v) is 7.86. The maximum Gasteiger partial charge on any atom is 0.245 e. The summed E-state index contributed by atoms with van der Waals surface area (Å²) in [7, 11) is -3.52. The number of hydrogen-bond acceptors (Lipinski definition) is 4. The molecule has 0 saturated carbocycles. The van der Waals surface area contributed by atoms with Gasteiger partial charge in [-0.15, -0.1) is 0 Å². The van der Waals surface area contributed by atoms with Crippen molar-refractivity contribution in [1.29, 1.82) is 0 Å². The Kier molecular flexibility index (Phi) is 5.58. The first-order valence-corrected chi connectivity index (χ1v) is 9.65. The highest BCUT2D eigenvalue weighted by Gasteiger charge is 2.36. The number of amides is 1. The summed E-state index contributed by atoms with van der Waals surface area (Å²) in [5.74, 6) is -0.303. The van der Waals surface area contributed by atoms with Gasteiger partial charge in [0.2, 0.25) is 5.91 Å². The molecule has 1 aliphatic heterocycles. The molecule has 1 fully saturated rings. The Labute approximate surface area is 132 Å². The van der Waals surface area contributed by atoms with Gasteiger partial charge in [0.05, 0.1) is 0 Å². The average molecular weight is 324 g/mol. The lowest BCUT2D eigenvalue weighted by Gasteiger charge is -2.35. The van der Waals surface area contributed by atoms with Gasteiger partial charge in [-0.05, 0) is 38.4 Å². The fourth-order valence-electron chi connectivity index (χ4n) is 3.06. The molecule has 6 heteroatoms. The lowest BCUT2D eigenvalue weighted by Crippen LogP contribution is -2.48.